The molecule has 2 amide bonds. The molecule has 1 rings (SSSR count). The normalized spacial score (nSPS) is 11.6. The average Bonchev–Trinajstić information content (AvgIpc) is 2.54. The number of anilines is 1. The van der Waals surface area contributed by atoms with Crippen LogP contribution in [0.3, 0.4) is 0 Å². The molecule has 0 heterocycles. The average molecular weight is 308 g/mol. The van der Waals surface area contributed by atoms with Crippen molar-refractivity contribution in [2.45, 2.75) is 13.3 Å². The number of nitrogens with one attached hydrogen (secondary N) is 1. The molecular formula is C16H24N2O4. The number of para-hydroxylation sites is 1. The van der Waals surface area contributed by atoms with Crippen molar-refractivity contribution < 1.29 is 19.1 Å². The monoisotopic (exact) mass is 308 g/mol. The Hall–Kier alpha value is -2.08. The Morgan fingerprint density at radius 3 is 2.50 bits per heavy atom. The van der Waals surface area contributed by atoms with Gasteiger partial charge in [-0.1, -0.05) is 25.1 Å². The van der Waals surface area contributed by atoms with Crippen LogP contribution in [0.25, 0.3) is 0 Å². The van der Waals surface area contributed by atoms with Gasteiger partial charge < -0.3 is 19.7 Å². The number of ether oxygens (including phenoxy) is 2. The topological polar surface area (TPSA) is 67.9 Å². The van der Waals surface area contributed by atoms with E-state index in [-0.39, 0.29) is 17.9 Å². The molecule has 1 atom stereocenters. The summed E-state index contributed by atoms with van der Waals surface area (Å²) in [5, 5.41) is 2.83. The van der Waals surface area contributed by atoms with Gasteiger partial charge in [-0.05, 0) is 18.6 Å². The molecule has 122 valence electrons. The number of methoxy groups -OCH3 is 2. The summed E-state index contributed by atoms with van der Waals surface area (Å²) in [5.74, 6) is -0.710. The summed E-state index contributed by atoms with van der Waals surface area (Å²) in [4.78, 5) is 25.5. The zero-order chi connectivity index (χ0) is 16.4. The highest BCUT2D eigenvalue weighted by Crippen LogP contribution is 2.09. The molecule has 0 saturated carbocycles. The number of amides is 2. The van der Waals surface area contributed by atoms with Gasteiger partial charge in [-0.25, -0.2) is 4.79 Å². The molecule has 1 aromatic carbocycles. The second kappa shape index (κ2) is 9.78. The van der Waals surface area contributed by atoms with Crippen molar-refractivity contribution in [1.29, 1.82) is 0 Å². The van der Waals surface area contributed by atoms with E-state index in [0.29, 0.717) is 26.1 Å². The van der Waals surface area contributed by atoms with Crippen LogP contribution >= 0.6 is 0 Å². The quantitative estimate of drug-likeness (QED) is 0.591. The van der Waals surface area contributed by atoms with Gasteiger partial charge in [0.25, 0.3) is 0 Å². The van der Waals surface area contributed by atoms with Crippen LogP contribution in [0.1, 0.15) is 13.3 Å². The minimum atomic E-state index is -0.380. The van der Waals surface area contributed by atoms with Gasteiger partial charge in [0.2, 0.25) is 0 Å². The third-order valence-corrected chi connectivity index (χ3v) is 3.19. The lowest BCUT2D eigenvalue weighted by molar-refractivity contribution is -0.145. The summed E-state index contributed by atoms with van der Waals surface area (Å²) in [7, 11) is 2.96. The molecule has 1 N–H and O–H groups in total. The third-order valence-electron chi connectivity index (χ3n) is 3.19. The molecule has 0 saturated heterocycles. The molecule has 22 heavy (non-hydrogen) atoms. The molecule has 0 aliphatic carbocycles. The van der Waals surface area contributed by atoms with Crippen molar-refractivity contribution in [1.82, 2.24) is 4.90 Å². The van der Waals surface area contributed by atoms with E-state index < -0.39 is 0 Å². The lowest BCUT2D eigenvalue weighted by atomic mass is 10.1. The molecule has 1 unspecified atom stereocenters. The van der Waals surface area contributed by atoms with Crippen LogP contribution < -0.4 is 5.32 Å². The molecule has 0 spiro atoms. The largest absolute Gasteiger partial charge is 0.469 e. The first kappa shape index (κ1) is 18.0. The van der Waals surface area contributed by atoms with Crippen LogP contribution in [-0.2, 0) is 14.3 Å². The molecule has 0 fully saturated rings. The van der Waals surface area contributed by atoms with Gasteiger partial charge >= 0.3 is 12.0 Å². The van der Waals surface area contributed by atoms with Crippen molar-refractivity contribution in [2.75, 3.05) is 39.2 Å². The number of urea groups is 1. The van der Waals surface area contributed by atoms with E-state index in [1.54, 1.807) is 18.9 Å². The van der Waals surface area contributed by atoms with Gasteiger partial charge in [0.05, 0.1) is 13.0 Å². The predicted octanol–water partition coefficient (Wildman–Crippen LogP) is 2.37. The smallest absolute Gasteiger partial charge is 0.321 e. The first-order valence-corrected chi connectivity index (χ1v) is 7.26. The minimum absolute atomic E-state index is 0.238. The molecule has 0 radical (unpaired) electrons. The Morgan fingerprint density at radius 1 is 1.23 bits per heavy atom. The van der Waals surface area contributed by atoms with E-state index in [2.05, 4.69) is 5.32 Å². The number of benzene rings is 1. The van der Waals surface area contributed by atoms with Crippen molar-refractivity contribution in [3.8, 4) is 0 Å². The summed E-state index contributed by atoms with van der Waals surface area (Å²) in [6.07, 6.45) is 0.701. The van der Waals surface area contributed by atoms with Crippen LogP contribution in [0.4, 0.5) is 10.5 Å². The molecule has 0 aliphatic heterocycles. The van der Waals surface area contributed by atoms with Crippen LogP contribution in [0.2, 0.25) is 0 Å². The zero-order valence-corrected chi connectivity index (χ0v) is 13.4. The number of rotatable bonds is 8. The maximum absolute atomic E-state index is 12.4. The number of carbonyl (C=O) groups is 2. The Morgan fingerprint density at radius 2 is 1.91 bits per heavy atom. The zero-order valence-electron chi connectivity index (χ0n) is 13.4. The van der Waals surface area contributed by atoms with E-state index >= 15 is 0 Å². The molecule has 0 aliphatic rings. The molecule has 6 nitrogen and oxygen atoms in total. The number of esters is 1. The highest BCUT2D eigenvalue weighted by atomic mass is 16.5. The second-order valence-corrected chi connectivity index (χ2v) is 5.01. The van der Waals surface area contributed by atoms with Gasteiger partial charge in [-0.2, -0.15) is 0 Å². The third kappa shape index (κ3) is 6.13. The Balaban J connectivity index is 2.66. The van der Waals surface area contributed by atoms with Crippen molar-refractivity contribution in [2.24, 2.45) is 5.92 Å². The van der Waals surface area contributed by atoms with Crippen molar-refractivity contribution >= 4 is 17.7 Å². The van der Waals surface area contributed by atoms with Gasteiger partial charge in [-0.15, -0.1) is 0 Å². The summed E-state index contributed by atoms with van der Waals surface area (Å²) < 4.78 is 9.73. The molecule has 0 aromatic heterocycles. The molecule has 1 aromatic rings. The fourth-order valence-electron chi connectivity index (χ4n) is 2.01. The standard InChI is InChI=1S/C16H24N2O4/c1-13(15(19)22-3)12-18(10-7-11-21-2)16(20)17-14-8-5-4-6-9-14/h4-6,8-9,13H,7,10-12H2,1-3H3,(H,17,20). The Bertz CT molecular complexity index is 464. The molecule has 6 heteroatoms. The van der Waals surface area contributed by atoms with E-state index in [1.807, 2.05) is 30.3 Å². The first-order chi connectivity index (χ1) is 10.6. The van der Waals surface area contributed by atoms with Crippen LogP contribution in [0.15, 0.2) is 30.3 Å². The highest BCUT2D eigenvalue weighted by molar-refractivity contribution is 5.89. The number of carbonyl (C=O) groups excluding carboxylic acids is 2. The summed E-state index contributed by atoms with van der Waals surface area (Å²) >= 11 is 0. The maximum Gasteiger partial charge on any atom is 0.321 e. The minimum Gasteiger partial charge on any atom is -0.469 e. The summed E-state index contributed by atoms with van der Waals surface area (Å²) in [6.45, 7) is 3.11. The van der Waals surface area contributed by atoms with Gasteiger partial charge in [-0.3, -0.25) is 4.79 Å². The second-order valence-electron chi connectivity index (χ2n) is 5.01. The Labute approximate surface area is 131 Å². The van der Waals surface area contributed by atoms with Crippen LogP contribution in [0.5, 0.6) is 0 Å². The maximum atomic E-state index is 12.4. The van der Waals surface area contributed by atoms with Crippen LogP contribution in [-0.4, -0.2) is 50.8 Å². The SMILES string of the molecule is COCCCN(CC(C)C(=O)OC)C(=O)Nc1ccccc1. The first-order valence-electron chi connectivity index (χ1n) is 7.26. The van der Waals surface area contributed by atoms with E-state index in [1.165, 1.54) is 7.11 Å². The van der Waals surface area contributed by atoms with Gasteiger partial charge in [0.15, 0.2) is 0 Å². The molecule has 0 bridgehead atoms. The summed E-state index contributed by atoms with van der Waals surface area (Å²) in [6, 6.07) is 8.97. The van der Waals surface area contributed by atoms with Gasteiger partial charge in [0, 0.05) is 32.5 Å². The number of hydrogen-bond acceptors (Lipinski definition) is 4. The van der Waals surface area contributed by atoms with Crippen molar-refractivity contribution in [3.05, 3.63) is 30.3 Å². The van der Waals surface area contributed by atoms with E-state index in [0.717, 1.165) is 5.69 Å². The van der Waals surface area contributed by atoms with Crippen molar-refractivity contribution in [3.63, 3.8) is 0 Å². The Kier molecular flexibility index (Phi) is 7.99. The predicted molar refractivity (Wildman–Crippen MR) is 84.7 cm³/mol. The lowest BCUT2D eigenvalue weighted by Crippen LogP contribution is -2.40. The fraction of sp³-hybridized carbons (Fsp3) is 0.500. The van der Waals surface area contributed by atoms with E-state index in [9.17, 15) is 9.59 Å². The van der Waals surface area contributed by atoms with Crippen LogP contribution in [0, 0.1) is 5.92 Å². The molecular weight excluding hydrogens is 284 g/mol. The number of nitrogens with zero attached hydrogens (tertiary/aromatic N) is 1. The fourth-order valence-corrected chi connectivity index (χ4v) is 2.01. The van der Waals surface area contributed by atoms with E-state index in [4.69, 9.17) is 9.47 Å². The summed E-state index contributed by atoms with van der Waals surface area (Å²) in [5.41, 5.74) is 0.718. The number of hydrogen-bond donors (Lipinski definition) is 1. The lowest BCUT2D eigenvalue weighted by Gasteiger charge is -2.25. The van der Waals surface area contributed by atoms with Gasteiger partial charge in [0.1, 0.15) is 0 Å². The highest BCUT2D eigenvalue weighted by Gasteiger charge is 2.21.